The average molecular weight is 310 g/mol. The molecule has 0 N–H and O–H groups in total. The second-order valence-electron chi connectivity index (χ2n) is 5.23. The van der Waals surface area contributed by atoms with E-state index in [-0.39, 0.29) is 0 Å². The highest BCUT2D eigenvalue weighted by Crippen LogP contribution is 2.18. The lowest BCUT2D eigenvalue weighted by Crippen LogP contribution is -1.98. The summed E-state index contributed by atoms with van der Waals surface area (Å²) in [5.41, 5.74) is 2.24. The van der Waals surface area contributed by atoms with Crippen molar-refractivity contribution in [3.05, 3.63) is 84.3 Å². The van der Waals surface area contributed by atoms with Gasteiger partial charge in [0.1, 0.15) is 23.0 Å². The van der Waals surface area contributed by atoms with Crippen molar-refractivity contribution in [1.82, 2.24) is 0 Å². The molecular weight excluding hydrogens is 288 g/mol. The maximum atomic E-state index is 5.72. The zero-order chi connectivity index (χ0) is 16.7. The molecule has 0 fully saturated rings. The lowest BCUT2D eigenvalue weighted by atomic mass is 10.1. The highest BCUT2D eigenvalue weighted by Gasteiger charge is 2.04. The minimum absolute atomic E-state index is 0.644. The van der Waals surface area contributed by atoms with E-state index in [0.717, 1.165) is 22.6 Å². The molecule has 0 bridgehead atoms. The summed E-state index contributed by atoms with van der Waals surface area (Å²) in [6.45, 7) is 7.93. The Morgan fingerprint density at radius 3 is 1.35 bits per heavy atom. The third-order valence-corrected chi connectivity index (χ3v) is 3.41. The van der Waals surface area contributed by atoms with Crippen LogP contribution < -0.4 is 9.47 Å². The zero-order valence-corrected chi connectivity index (χ0v) is 13.7. The summed E-state index contributed by atoms with van der Waals surface area (Å²) in [4.78, 5) is 0. The molecule has 2 rings (SSSR count). The van der Waals surface area contributed by atoms with Crippen molar-refractivity contribution in [2.24, 2.45) is 0 Å². The van der Waals surface area contributed by atoms with Crippen molar-refractivity contribution >= 4 is 0 Å². The van der Waals surface area contributed by atoms with Crippen molar-refractivity contribution < 1.29 is 14.2 Å². The van der Waals surface area contributed by atoms with Crippen LogP contribution in [0, 0.1) is 0 Å². The number of hydrogen-bond acceptors (Lipinski definition) is 3. The Morgan fingerprint density at radius 1 is 0.696 bits per heavy atom. The van der Waals surface area contributed by atoms with Crippen LogP contribution in [-0.4, -0.2) is 14.2 Å². The van der Waals surface area contributed by atoms with Crippen LogP contribution in [0.25, 0.3) is 0 Å². The Labute approximate surface area is 137 Å². The van der Waals surface area contributed by atoms with E-state index in [1.807, 2.05) is 48.5 Å². The van der Waals surface area contributed by atoms with Crippen molar-refractivity contribution in [2.45, 2.75) is 12.8 Å². The number of methoxy groups -OCH3 is 2. The van der Waals surface area contributed by atoms with Crippen molar-refractivity contribution in [3.8, 4) is 11.5 Å². The van der Waals surface area contributed by atoms with Crippen LogP contribution in [0.5, 0.6) is 11.5 Å². The molecule has 0 aliphatic heterocycles. The van der Waals surface area contributed by atoms with E-state index in [1.165, 1.54) is 0 Å². The second-order valence-corrected chi connectivity index (χ2v) is 5.23. The highest BCUT2D eigenvalue weighted by atomic mass is 16.5. The summed E-state index contributed by atoms with van der Waals surface area (Å²) in [5, 5.41) is 0. The lowest BCUT2D eigenvalue weighted by Gasteiger charge is -2.12. The van der Waals surface area contributed by atoms with Gasteiger partial charge in [-0.25, -0.2) is 0 Å². The number of rotatable bonds is 8. The molecular formula is C20H22O3. The Kier molecular flexibility index (Phi) is 5.87. The van der Waals surface area contributed by atoms with Gasteiger partial charge in [-0.15, -0.1) is 0 Å². The van der Waals surface area contributed by atoms with Gasteiger partial charge in [0.25, 0.3) is 0 Å². The number of benzene rings is 2. The molecule has 23 heavy (non-hydrogen) atoms. The predicted molar refractivity (Wildman–Crippen MR) is 92.8 cm³/mol. The van der Waals surface area contributed by atoms with Gasteiger partial charge >= 0.3 is 0 Å². The molecule has 3 heteroatoms. The van der Waals surface area contributed by atoms with Gasteiger partial charge in [0.2, 0.25) is 0 Å². The molecule has 0 aliphatic rings. The molecule has 0 saturated heterocycles. The van der Waals surface area contributed by atoms with Gasteiger partial charge in [0, 0.05) is 12.8 Å². The Morgan fingerprint density at radius 2 is 1.04 bits per heavy atom. The third-order valence-electron chi connectivity index (χ3n) is 3.41. The van der Waals surface area contributed by atoms with Gasteiger partial charge < -0.3 is 14.2 Å². The largest absolute Gasteiger partial charge is 0.497 e. The summed E-state index contributed by atoms with van der Waals surface area (Å²) in [6, 6.07) is 15.7. The monoisotopic (exact) mass is 310 g/mol. The highest BCUT2D eigenvalue weighted by molar-refractivity contribution is 5.30. The van der Waals surface area contributed by atoms with Crippen LogP contribution in [-0.2, 0) is 17.6 Å². The van der Waals surface area contributed by atoms with Gasteiger partial charge in [-0.3, -0.25) is 0 Å². The second kappa shape index (κ2) is 8.08. The normalized spacial score (nSPS) is 10.0. The molecule has 2 aromatic carbocycles. The Bertz CT molecular complexity index is 595. The lowest BCUT2D eigenvalue weighted by molar-refractivity contribution is 0.292. The molecule has 0 aromatic heterocycles. The van der Waals surface area contributed by atoms with E-state index in [9.17, 15) is 0 Å². The first-order chi connectivity index (χ1) is 11.1. The third kappa shape index (κ3) is 5.22. The Balaban J connectivity index is 1.84. The maximum absolute atomic E-state index is 5.72. The van der Waals surface area contributed by atoms with E-state index < -0.39 is 0 Å². The van der Waals surface area contributed by atoms with Crippen LogP contribution in [0.15, 0.2) is 73.2 Å². The molecule has 0 saturated carbocycles. The van der Waals surface area contributed by atoms with E-state index >= 15 is 0 Å². The molecule has 0 spiro atoms. The Hall–Kier alpha value is -2.68. The van der Waals surface area contributed by atoms with E-state index in [2.05, 4.69) is 13.2 Å². The predicted octanol–water partition coefficient (Wildman–Crippen LogP) is 4.53. The van der Waals surface area contributed by atoms with Crippen molar-refractivity contribution in [1.29, 1.82) is 0 Å². The minimum atomic E-state index is 0.644. The fourth-order valence-electron chi connectivity index (χ4n) is 2.22. The fourth-order valence-corrected chi connectivity index (χ4v) is 2.22. The van der Waals surface area contributed by atoms with Crippen LogP contribution in [0.3, 0.4) is 0 Å². The summed E-state index contributed by atoms with van der Waals surface area (Å²) in [5.74, 6) is 3.02. The SMILES string of the molecule is C=C(Cc1ccc(OC)cc1)OC(=C)Cc1ccc(OC)cc1. The van der Waals surface area contributed by atoms with Crippen LogP contribution in [0.2, 0.25) is 0 Å². The zero-order valence-electron chi connectivity index (χ0n) is 13.7. The molecule has 120 valence electrons. The van der Waals surface area contributed by atoms with Gasteiger partial charge in [0.15, 0.2) is 0 Å². The summed E-state index contributed by atoms with van der Waals surface area (Å²) in [6.07, 6.45) is 1.29. The summed E-state index contributed by atoms with van der Waals surface area (Å²) >= 11 is 0. The van der Waals surface area contributed by atoms with Crippen molar-refractivity contribution in [2.75, 3.05) is 14.2 Å². The standard InChI is InChI=1S/C20H22O3/c1-15(13-17-5-9-19(21-3)10-6-17)23-16(2)14-18-7-11-20(22-4)12-8-18/h5-12H,1-2,13-14H2,3-4H3. The number of ether oxygens (including phenoxy) is 3. The first kappa shape index (κ1) is 16.7. The van der Waals surface area contributed by atoms with Gasteiger partial charge in [-0.2, -0.15) is 0 Å². The molecule has 0 unspecified atom stereocenters. The van der Waals surface area contributed by atoms with E-state index in [0.29, 0.717) is 24.4 Å². The average Bonchev–Trinajstić information content (AvgIpc) is 2.56. The minimum Gasteiger partial charge on any atom is -0.497 e. The van der Waals surface area contributed by atoms with Crippen LogP contribution in [0.1, 0.15) is 11.1 Å². The van der Waals surface area contributed by atoms with Crippen molar-refractivity contribution in [3.63, 3.8) is 0 Å². The van der Waals surface area contributed by atoms with Crippen LogP contribution >= 0.6 is 0 Å². The molecule has 0 aliphatic carbocycles. The number of allylic oxidation sites excluding steroid dienone is 2. The molecule has 0 heterocycles. The first-order valence-electron chi connectivity index (χ1n) is 7.40. The van der Waals surface area contributed by atoms with Gasteiger partial charge in [-0.05, 0) is 35.4 Å². The molecule has 2 aromatic rings. The molecule has 0 radical (unpaired) electrons. The smallest absolute Gasteiger partial charge is 0.118 e. The fraction of sp³-hybridized carbons (Fsp3) is 0.200. The summed E-state index contributed by atoms with van der Waals surface area (Å²) in [7, 11) is 3.31. The summed E-state index contributed by atoms with van der Waals surface area (Å²) < 4.78 is 16.0. The van der Waals surface area contributed by atoms with Crippen LogP contribution in [0.4, 0.5) is 0 Å². The molecule has 0 amide bonds. The quantitative estimate of drug-likeness (QED) is 0.670. The van der Waals surface area contributed by atoms with Gasteiger partial charge in [-0.1, -0.05) is 37.4 Å². The van der Waals surface area contributed by atoms with Gasteiger partial charge in [0.05, 0.1) is 14.2 Å². The van der Waals surface area contributed by atoms with E-state index in [4.69, 9.17) is 14.2 Å². The number of hydrogen-bond donors (Lipinski definition) is 0. The topological polar surface area (TPSA) is 27.7 Å². The maximum Gasteiger partial charge on any atom is 0.118 e. The van der Waals surface area contributed by atoms with E-state index in [1.54, 1.807) is 14.2 Å². The molecule has 0 atom stereocenters. The first-order valence-corrected chi connectivity index (χ1v) is 7.40. The molecule has 3 nitrogen and oxygen atoms in total.